The van der Waals surface area contributed by atoms with Gasteiger partial charge in [0, 0.05) is 35.8 Å². The van der Waals surface area contributed by atoms with Crippen LogP contribution in [0.3, 0.4) is 0 Å². The lowest BCUT2D eigenvalue weighted by molar-refractivity contribution is 0.101. The van der Waals surface area contributed by atoms with Gasteiger partial charge < -0.3 is 18.8 Å². The van der Waals surface area contributed by atoms with Crippen LogP contribution in [0.15, 0.2) is 66.6 Å². The number of hydrogen-bond acceptors (Lipinski definition) is 4. The van der Waals surface area contributed by atoms with Crippen molar-refractivity contribution in [1.82, 2.24) is 4.57 Å². The predicted molar refractivity (Wildman–Crippen MR) is 130 cm³/mol. The van der Waals surface area contributed by atoms with Gasteiger partial charge in [-0.2, -0.15) is 0 Å². The van der Waals surface area contributed by atoms with Gasteiger partial charge in [-0.25, -0.2) is 0 Å². The van der Waals surface area contributed by atoms with Crippen molar-refractivity contribution in [2.45, 2.75) is 6.61 Å². The second-order valence-electron chi connectivity index (χ2n) is 7.71. The molecule has 3 aromatic carbocycles. The maximum Gasteiger partial charge on any atom is 0.231 e. The van der Waals surface area contributed by atoms with Crippen LogP contribution in [0, 0.1) is 0 Å². The lowest BCUT2D eigenvalue weighted by Gasteiger charge is -2.08. The largest absolute Gasteiger partial charge is 0.497 e. The second-order valence-corrected chi connectivity index (χ2v) is 8.53. The molecule has 1 aliphatic heterocycles. The third kappa shape index (κ3) is 4.06. The highest BCUT2D eigenvalue weighted by atomic mass is 35.5. The number of allylic oxidation sites excluding steroid dienone is 1. The number of ketones is 1. The average molecular weight is 480 g/mol. The number of aryl methyl sites for hydroxylation is 1. The van der Waals surface area contributed by atoms with E-state index in [1.165, 1.54) is 0 Å². The number of hydrogen-bond donors (Lipinski definition) is 0. The van der Waals surface area contributed by atoms with Crippen molar-refractivity contribution in [3.8, 4) is 17.2 Å². The Hall–Kier alpha value is -3.41. The van der Waals surface area contributed by atoms with Gasteiger partial charge >= 0.3 is 0 Å². The van der Waals surface area contributed by atoms with Crippen molar-refractivity contribution in [3.05, 3.63) is 93.3 Å². The van der Waals surface area contributed by atoms with Crippen LogP contribution >= 0.6 is 23.2 Å². The summed E-state index contributed by atoms with van der Waals surface area (Å²) >= 11 is 12.0. The standard InChI is InChI=1S/C26H19Cl2NO4/c1-29-13-16(20-11-17(31-2)5-8-23(20)29)10-25-26(30)19-6-4-18(12-24(19)33-25)32-14-15-3-7-21(27)22(28)9-15/h3-13H,14H2,1-2H3. The molecule has 0 unspecified atom stereocenters. The Morgan fingerprint density at radius 2 is 1.82 bits per heavy atom. The van der Waals surface area contributed by atoms with Crippen LogP contribution < -0.4 is 14.2 Å². The first-order valence-corrected chi connectivity index (χ1v) is 11.0. The number of Topliss-reactive ketones (excluding diaryl/α,β-unsaturated/α-hetero) is 1. The molecular formula is C26H19Cl2NO4. The third-order valence-corrected chi connectivity index (χ3v) is 6.28. The minimum atomic E-state index is -0.166. The van der Waals surface area contributed by atoms with Crippen molar-refractivity contribution in [1.29, 1.82) is 0 Å². The molecule has 5 nitrogen and oxygen atoms in total. The molecule has 0 aliphatic carbocycles. The molecule has 7 heteroatoms. The molecule has 0 N–H and O–H groups in total. The van der Waals surface area contributed by atoms with E-state index >= 15 is 0 Å². The molecule has 0 radical (unpaired) electrons. The van der Waals surface area contributed by atoms with Gasteiger partial charge in [0.25, 0.3) is 0 Å². The number of ether oxygens (including phenoxy) is 3. The molecule has 0 amide bonds. The normalized spacial score (nSPS) is 13.9. The van der Waals surface area contributed by atoms with Crippen molar-refractivity contribution >= 4 is 46.0 Å². The third-order valence-electron chi connectivity index (χ3n) is 5.54. The van der Waals surface area contributed by atoms with E-state index in [0.29, 0.717) is 33.7 Å². The van der Waals surface area contributed by atoms with E-state index in [2.05, 4.69) is 0 Å². The van der Waals surface area contributed by atoms with Crippen molar-refractivity contribution in [3.63, 3.8) is 0 Å². The first-order chi connectivity index (χ1) is 15.9. The Bertz CT molecular complexity index is 1440. The predicted octanol–water partition coefficient (Wildman–Crippen LogP) is 6.69. The van der Waals surface area contributed by atoms with E-state index < -0.39 is 0 Å². The molecule has 0 spiro atoms. The summed E-state index contributed by atoms with van der Waals surface area (Å²) in [4.78, 5) is 12.9. The topological polar surface area (TPSA) is 49.7 Å². The number of methoxy groups -OCH3 is 1. The van der Waals surface area contributed by atoms with Crippen molar-refractivity contribution in [2.24, 2.45) is 7.05 Å². The summed E-state index contributed by atoms with van der Waals surface area (Å²) in [6.45, 7) is 0.310. The van der Waals surface area contributed by atoms with Crippen LogP contribution in [0.4, 0.5) is 0 Å². The van der Waals surface area contributed by atoms with E-state index in [1.54, 1.807) is 43.5 Å². The Morgan fingerprint density at radius 1 is 1.00 bits per heavy atom. The lowest BCUT2D eigenvalue weighted by Crippen LogP contribution is -1.98. The van der Waals surface area contributed by atoms with Gasteiger partial charge in [0.2, 0.25) is 5.78 Å². The van der Waals surface area contributed by atoms with Crippen LogP contribution in [-0.2, 0) is 13.7 Å². The first-order valence-electron chi connectivity index (χ1n) is 10.2. The number of benzene rings is 3. The molecule has 0 saturated heterocycles. The molecule has 33 heavy (non-hydrogen) atoms. The zero-order chi connectivity index (χ0) is 23.1. The van der Waals surface area contributed by atoms with Gasteiger partial charge in [-0.1, -0.05) is 29.3 Å². The molecule has 0 bridgehead atoms. The SMILES string of the molecule is COc1ccc2c(c1)c(C=C1Oc3cc(OCc4ccc(Cl)c(Cl)c4)ccc3C1=O)cn2C. The molecule has 2 heterocycles. The smallest absolute Gasteiger partial charge is 0.231 e. The number of carbonyl (C=O) groups is 1. The number of aromatic nitrogens is 1. The number of halogens is 2. The Balaban J connectivity index is 1.39. The van der Waals surface area contributed by atoms with E-state index in [9.17, 15) is 4.79 Å². The summed E-state index contributed by atoms with van der Waals surface area (Å²) in [6.07, 6.45) is 3.73. The van der Waals surface area contributed by atoms with Gasteiger partial charge in [0.1, 0.15) is 23.9 Å². The summed E-state index contributed by atoms with van der Waals surface area (Å²) in [5.74, 6) is 1.90. The summed E-state index contributed by atoms with van der Waals surface area (Å²) < 4.78 is 19.1. The molecule has 4 aromatic rings. The molecule has 1 aliphatic rings. The van der Waals surface area contributed by atoms with Crippen molar-refractivity contribution in [2.75, 3.05) is 7.11 Å². The lowest BCUT2D eigenvalue weighted by atomic mass is 10.1. The molecule has 0 atom stereocenters. The van der Waals surface area contributed by atoms with Crippen LogP contribution in [-0.4, -0.2) is 17.5 Å². The maximum absolute atomic E-state index is 12.9. The fourth-order valence-corrected chi connectivity index (χ4v) is 4.16. The number of rotatable bonds is 5. The molecule has 0 fully saturated rings. The van der Waals surface area contributed by atoms with E-state index in [1.807, 2.05) is 42.1 Å². The van der Waals surface area contributed by atoms with E-state index in [4.69, 9.17) is 37.4 Å². The highest BCUT2D eigenvalue weighted by Crippen LogP contribution is 2.36. The monoisotopic (exact) mass is 479 g/mol. The summed E-state index contributed by atoms with van der Waals surface area (Å²) in [7, 11) is 3.59. The number of fused-ring (bicyclic) bond motifs is 2. The highest BCUT2D eigenvalue weighted by molar-refractivity contribution is 6.42. The zero-order valence-corrected chi connectivity index (χ0v) is 19.4. The maximum atomic E-state index is 12.9. The quantitative estimate of drug-likeness (QED) is 0.299. The van der Waals surface area contributed by atoms with Crippen molar-refractivity contribution < 1.29 is 19.0 Å². The minimum Gasteiger partial charge on any atom is -0.497 e. The molecule has 166 valence electrons. The fourth-order valence-electron chi connectivity index (χ4n) is 3.84. The second kappa shape index (κ2) is 8.50. The number of nitrogens with zero attached hydrogens (tertiary/aromatic N) is 1. The average Bonchev–Trinajstić information content (AvgIpc) is 3.30. The van der Waals surface area contributed by atoms with E-state index in [-0.39, 0.29) is 11.5 Å². The Labute approximate surface area is 200 Å². The van der Waals surface area contributed by atoms with Gasteiger partial charge in [-0.3, -0.25) is 4.79 Å². The summed E-state index contributed by atoms with van der Waals surface area (Å²) in [5.41, 5.74) is 3.29. The summed E-state index contributed by atoms with van der Waals surface area (Å²) in [5, 5.41) is 1.94. The fraction of sp³-hybridized carbons (Fsp3) is 0.115. The molecule has 5 rings (SSSR count). The van der Waals surface area contributed by atoms with Gasteiger partial charge in [-0.05, 0) is 54.1 Å². The van der Waals surface area contributed by atoms with Gasteiger partial charge in [-0.15, -0.1) is 0 Å². The zero-order valence-electron chi connectivity index (χ0n) is 17.9. The van der Waals surface area contributed by atoms with Gasteiger partial charge in [0.05, 0.1) is 22.7 Å². The number of carbonyl (C=O) groups excluding carboxylic acids is 1. The minimum absolute atomic E-state index is 0.166. The van der Waals surface area contributed by atoms with E-state index in [0.717, 1.165) is 27.8 Å². The van der Waals surface area contributed by atoms with Crippen LogP contribution in [0.25, 0.3) is 17.0 Å². The molecular weight excluding hydrogens is 461 g/mol. The Kier molecular flexibility index (Phi) is 5.52. The molecule has 0 saturated carbocycles. The van der Waals surface area contributed by atoms with Crippen LogP contribution in [0.5, 0.6) is 17.2 Å². The Morgan fingerprint density at radius 3 is 2.61 bits per heavy atom. The van der Waals surface area contributed by atoms with Crippen LogP contribution in [0.2, 0.25) is 10.0 Å². The molecule has 1 aromatic heterocycles. The highest BCUT2D eigenvalue weighted by Gasteiger charge is 2.28. The first kappa shape index (κ1) is 21.4. The van der Waals surface area contributed by atoms with Crippen LogP contribution in [0.1, 0.15) is 21.5 Å². The summed E-state index contributed by atoms with van der Waals surface area (Å²) in [6, 6.07) is 16.4. The van der Waals surface area contributed by atoms with Gasteiger partial charge in [0.15, 0.2) is 5.76 Å².